The fourth-order valence-electron chi connectivity index (χ4n) is 8.93. The van der Waals surface area contributed by atoms with Crippen LogP contribution in [0.1, 0.15) is 55.3 Å². The van der Waals surface area contributed by atoms with Gasteiger partial charge in [0.1, 0.15) is 52.1 Å². The van der Waals surface area contributed by atoms with Crippen molar-refractivity contribution in [3.8, 4) is 5.75 Å². The summed E-state index contributed by atoms with van der Waals surface area (Å²) in [4.78, 5) is 12.8. The molecule has 0 saturated heterocycles. The van der Waals surface area contributed by atoms with Gasteiger partial charge in [-0.25, -0.2) is 0 Å². The fraction of sp³-hybridized carbons (Fsp3) is 0.169. The largest absolute Gasteiger partial charge is 0.494 e. The van der Waals surface area contributed by atoms with Crippen molar-refractivity contribution >= 4 is 74.9 Å². The van der Waals surface area contributed by atoms with Crippen LogP contribution in [0.5, 0.6) is 5.75 Å². The summed E-state index contributed by atoms with van der Waals surface area (Å²) in [6.07, 6.45) is 9.01. The van der Waals surface area contributed by atoms with Gasteiger partial charge in [-0.15, -0.1) is 0 Å². The average Bonchev–Trinajstić information content (AvgIpc) is 3.38. The van der Waals surface area contributed by atoms with Crippen LogP contribution >= 0.6 is 14.5 Å². The summed E-state index contributed by atoms with van der Waals surface area (Å²) in [6.45, 7) is 0.694. The summed E-state index contributed by atoms with van der Waals surface area (Å²) >= 11 is 0. The lowest BCUT2D eigenvalue weighted by Crippen LogP contribution is -2.33. The quantitative estimate of drug-likeness (QED) is 0.0261. The number of Topliss-reactive ketones (excluding diaryl/α,β-unsaturated/α-hetero) is 1. The van der Waals surface area contributed by atoms with Crippen molar-refractivity contribution in [3.05, 3.63) is 224 Å². The molecule has 0 bridgehead atoms. The van der Waals surface area contributed by atoms with Crippen molar-refractivity contribution in [2.45, 2.75) is 44.9 Å². The summed E-state index contributed by atoms with van der Waals surface area (Å²) < 4.78 is 5.87. The second-order valence-electron chi connectivity index (χ2n) is 16.9. The van der Waals surface area contributed by atoms with Crippen LogP contribution in [0.15, 0.2) is 218 Å². The number of nitrogen functional groups attached to an aromatic ring is 4. The Morgan fingerprint density at radius 3 is 1.07 bits per heavy atom. The van der Waals surface area contributed by atoms with Crippen molar-refractivity contribution in [1.82, 2.24) is 0 Å². The molecule has 67 heavy (non-hydrogen) atoms. The Bertz CT molecular complexity index is 2530. The van der Waals surface area contributed by atoms with Crippen molar-refractivity contribution in [3.63, 3.8) is 0 Å². The molecule has 0 atom stereocenters. The van der Waals surface area contributed by atoms with E-state index in [0.29, 0.717) is 41.3 Å². The number of carbonyl (C=O) groups excluding carboxylic acids is 1. The van der Waals surface area contributed by atoms with Crippen LogP contribution < -0.4 is 59.5 Å². The third-order valence-electron chi connectivity index (χ3n) is 12.5. The van der Waals surface area contributed by atoms with E-state index < -0.39 is 14.5 Å². The monoisotopic (exact) mass is 922 g/mol. The van der Waals surface area contributed by atoms with E-state index in [1.807, 2.05) is 6.07 Å². The highest BCUT2D eigenvalue weighted by atomic mass is 31.2. The maximum atomic E-state index is 12.8. The van der Waals surface area contributed by atoms with Crippen LogP contribution in [-0.2, 0) is 0 Å². The normalized spacial score (nSPS) is 11.3. The van der Waals surface area contributed by atoms with E-state index in [9.17, 15) is 4.79 Å². The number of hydrogen-bond donors (Lipinski definition) is 4. The third kappa shape index (κ3) is 12.2. The molecule has 8 rings (SSSR count). The number of ether oxygens (including phenoxy) is 1. The molecule has 0 aliphatic rings. The van der Waals surface area contributed by atoms with Crippen molar-refractivity contribution < 1.29 is 9.53 Å². The smallest absolute Gasteiger partial charge is 0.162 e. The first-order valence-corrected chi connectivity index (χ1v) is 27.3. The van der Waals surface area contributed by atoms with Gasteiger partial charge in [-0.05, 0) is 142 Å². The lowest BCUT2D eigenvalue weighted by Gasteiger charge is -2.27. The molecule has 0 saturated carbocycles. The summed E-state index contributed by atoms with van der Waals surface area (Å²) in [5.41, 5.74) is 26.1. The topological polar surface area (TPSA) is 130 Å². The van der Waals surface area contributed by atoms with Gasteiger partial charge < -0.3 is 27.7 Å². The Morgan fingerprint density at radius 1 is 0.358 bits per heavy atom. The first-order valence-electron chi connectivity index (χ1n) is 23.4. The summed E-state index contributed by atoms with van der Waals surface area (Å²) in [6, 6.07) is 76.5. The molecule has 0 heterocycles. The minimum Gasteiger partial charge on any atom is -0.494 e. The Kier molecular flexibility index (Phi) is 17.4. The SMILES string of the molecule is Nc1ccc(C(=O)CCCC[P+](c2ccccc2)(c2ccccc2)c2ccccc2)cc1N.Nc1ccc(OCCCCCC[P+](c2ccccc2)(c2ccccc2)c2ccccc2)cc1N. The third-order valence-corrected chi connectivity index (χ3v) is 21.5. The Hall–Kier alpha value is -6.71. The number of anilines is 4. The number of unbranched alkanes of at least 4 members (excludes halogenated alkanes) is 4. The van der Waals surface area contributed by atoms with Gasteiger partial charge in [-0.2, -0.15) is 0 Å². The second-order valence-corrected chi connectivity index (χ2v) is 24.1. The number of benzene rings is 8. The zero-order valence-corrected chi connectivity index (χ0v) is 40.2. The molecule has 8 aromatic carbocycles. The lowest BCUT2D eigenvalue weighted by atomic mass is 10.0. The Morgan fingerprint density at radius 2 is 0.701 bits per heavy atom. The number of carbonyl (C=O) groups is 1. The first kappa shape index (κ1) is 48.2. The van der Waals surface area contributed by atoms with E-state index in [1.54, 1.807) is 30.3 Å². The van der Waals surface area contributed by atoms with Gasteiger partial charge in [0, 0.05) is 18.1 Å². The standard InChI is InChI=1S/C30H34N2OP.C29H29N2OP/c31-29-21-20-25(24-30(29)32)33-22-12-1-2-13-23-34(26-14-6-3-7-15-26,27-16-8-4-9-17-27)28-18-10-5-11-19-28;30-27-20-19-23(22-28(27)31)29(32)18-10-11-21-33(24-12-4-1-5-13-24,25-14-6-2-7-15-25)26-16-8-3-9-17-26/h3-11,14-21,24H,1-2,12-13,22-23,31-32H2;1-9,12-17,19-20,22H,10-11,18,21,31H2,(H-,30,32)/q+1;/p+1. The predicted octanol–water partition coefficient (Wildman–Crippen LogP) is 11.0. The van der Waals surface area contributed by atoms with E-state index >= 15 is 0 Å². The van der Waals surface area contributed by atoms with Crippen LogP contribution in [0.3, 0.4) is 0 Å². The van der Waals surface area contributed by atoms with E-state index in [1.165, 1.54) is 50.8 Å². The van der Waals surface area contributed by atoms with E-state index in [4.69, 9.17) is 27.7 Å². The van der Waals surface area contributed by atoms with Gasteiger partial charge in [-0.1, -0.05) is 109 Å². The highest BCUT2D eigenvalue weighted by Crippen LogP contribution is 2.57. The summed E-state index contributed by atoms with van der Waals surface area (Å²) in [5.74, 6) is 0.902. The molecule has 6 nitrogen and oxygen atoms in total. The van der Waals surface area contributed by atoms with Crippen LogP contribution in [0.25, 0.3) is 0 Å². The van der Waals surface area contributed by atoms with Crippen LogP contribution in [0, 0.1) is 0 Å². The molecule has 0 aromatic heterocycles. The molecule has 0 radical (unpaired) electrons. The van der Waals surface area contributed by atoms with Gasteiger partial charge in [-0.3, -0.25) is 4.79 Å². The molecule has 0 aliphatic heterocycles. The minimum atomic E-state index is -1.85. The van der Waals surface area contributed by atoms with E-state index in [0.717, 1.165) is 37.6 Å². The zero-order chi connectivity index (χ0) is 46.7. The second kappa shape index (κ2) is 24.2. The fourth-order valence-corrected chi connectivity index (χ4v) is 17.7. The van der Waals surface area contributed by atoms with Crippen molar-refractivity contribution in [1.29, 1.82) is 0 Å². The molecule has 8 N–H and O–H groups in total. The minimum absolute atomic E-state index is 0.116. The molecule has 0 amide bonds. The number of ketones is 1. The zero-order valence-electron chi connectivity index (χ0n) is 38.4. The predicted molar refractivity (Wildman–Crippen MR) is 293 cm³/mol. The molecular weight excluding hydrogens is 859 g/mol. The van der Waals surface area contributed by atoms with Gasteiger partial charge >= 0.3 is 0 Å². The van der Waals surface area contributed by atoms with Crippen molar-refractivity contribution in [2.75, 3.05) is 41.9 Å². The number of rotatable bonds is 20. The molecule has 8 aromatic rings. The summed E-state index contributed by atoms with van der Waals surface area (Å²) in [5, 5.41) is 8.49. The van der Waals surface area contributed by atoms with Crippen LogP contribution in [-0.4, -0.2) is 24.7 Å². The van der Waals surface area contributed by atoms with Crippen LogP contribution in [0.2, 0.25) is 0 Å². The molecule has 0 spiro atoms. The maximum Gasteiger partial charge on any atom is 0.162 e. The molecule has 340 valence electrons. The highest BCUT2D eigenvalue weighted by Gasteiger charge is 2.45. The number of nitrogens with two attached hydrogens (primary N) is 4. The van der Waals surface area contributed by atoms with Gasteiger partial charge in [0.15, 0.2) is 5.78 Å². The van der Waals surface area contributed by atoms with E-state index in [-0.39, 0.29) is 5.78 Å². The molecular formula is C59H64N4O2P2+2. The van der Waals surface area contributed by atoms with Gasteiger partial charge in [0.05, 0.1) is 41.7 Å². The maximum absolute atomic E-state index is 12.8. The number of hydrogen-bond acceptors (Lipinski definition) is 6. The van der Waals surface area contributed by atoms with Gasteiger partial charge in [0.2, 0.25) is 0 Å². The van der Waals surface area contributed by atoms with Gasteiger partial charge in [0.25, 0.3) is 0 Å². The Balaban J connectivity index is 0.000000199. The van der Waals surface area contributed by atoms with E-state index in [2.05, 4.69) is 182 Å². The van der Waals surface area contributed by atoms with Crippen LogP contribution in [0.4, 0.5) is 22.7 Å². The average molecular weight is 923 g/mol. The summed E-state index contributed by atoms with van der Waals surface area (Å²) in [7, 11) is -3.57. The van der Waals surface area contributed by atoms with Crippen molar-refractivity contribution in [2.24, 2.45) is 0 Å². The molecule has 8 heteroatoms. The lowest BCUT2D eigenvalue weighted by molar-refractivity contribution is 0.0980. The first-order chi connectivity index (χ1) is 32.8. The molecule has 0 fully saturated rings. The Labute approximate surface area is 399 Å². The highest BCUT2D eigenvalue weighted by molar-refractivity contribution is 7.96. The molecule has 0 unspecified atom stereocenters. The molecule has 0 aliphatic carbocycles.